The highest BCUT2D eigenvalue weighted by Gasteiger charge is 2.32. The van der Waals surface area contributed by atoms with E-state index in [1.54, 1.807) is 14.2 Å². The number of fused-ring (bicyclic) bond motifs is 4. The number of anilines is 1. The summed E-state index contributed by atoms with van der Waals surface area (Å²) in [7, 11) is 3.23. The molecule has 2 N–H and O–H groups in total. The number of carbonyl (C=O) groups excluding carboxylic acids is 2. The van der Waals surface area contributed by atoms with Gasteiger partial charge in [0.15, 0.2) is 0 Å². The van der Waals surface area contributed by atoms with E-state index in [0.29, 0.717) is 35.7 Å². The number of ether oxygens (including phenoxy) is 2. The fraction of sp³-hybridized carbons (Fsp3) is 0.520. The molecule has 0 aromatic heterocycles. The third-order valence-electron chi connectivity index (χ3n) is 6.05. The van der Waals surface area contributed by atoms with Gasteiger partial charge in [-0.25, -0.2) is 4.79 Å². The van der Waals surface area contributed by atoms with E-state index in [9.17, 15) is 14.7 Å². The lowest BCUT2D eigenvalue weighted by molar-refractivity contribution is -0.118. The second-order valence-corrected chi connectivity index (χ2v) is 10.7. The van der Waals surface area contributed by atoms with Crippen molar-refractivity contribution in [1.29, 1.82) is 0 Å². The monoisotopic (exact) mass is 508 g/mol. The smallest absolute Gasteiger partial charge is 0.407 e. The number of carbonyl (C=O) groups is 2. The molecule has 3 rings (SSSR count). The second-order valence-electron chi connectivity index (χ2n) is 8.79. The number of nitrogens with one attached hydrogen (secondary N) is 1. The van der Waals surface area contributed by atoms with Gasteiger partial charge in [0.2, 0.25) is 5.91 Å². The van der Waals surface area contributed by atoms with Crippen LogP contribution in [0.2, 0.25) is 5.02 Å². The number of allylic oxidation sites excluding steroid dienone is 3. The van der Waals surface area contributed by atoms with Gasteiger partial charge in [-0.05, 0) is 50.8 Å². The number of benzene rings is 1. The number of amides is 2. The molecule has 1 aromatic carbocycles. The Balaban J connectivity index is 1.90. The topological polar surface area (TPSA) is 88.1 Å². The zero-order chi connectivity index (χ0) is 24.8. The van der Waals surface area contributed by atoms with Crippen molar-refractivity contribution in [2.75, 3.05) is 19.1 Å². The van der Waals surface area contributed by atoms with Crippen LogP contribution in [-0.2, 0) is 16.0 Å². The van der Waals surface area contributed by atoms with E-state index in [0.717, 1.165) is 11.1 Å². The molecular weight excluding hydrogens is 476 g/mol. The standard InChI is InChI=1S/C25H33ClN2O5S/c1-15-7-5-6-8-18-14-20(33-25(31)27-18)16(2)34-23(30)10-9-22(29)28(3)19-12-17(11-15)13-21(32-4)24(19)26/h5-7,12-13,16,18,20,23,30H,8-11,14H2,1-4H3,(H,27,31)/b6-5+,15-7+/t16-,18?,20?,23?/m1/s1. The van der Waals surface area contributed by atoms with Crippen LogP contribution in [0.25, 0.3) is 0 Å². The van der Waals surface area contributed by atoms with Crippen LogP contribution < -0.4 is 15.0 Å². The first kappa shape index (κ1) is 26.4. The minimum absolute atomic E-state index is 0.0307. The fourth-order valence-corrected chi connectivity index (χ4v) is 5.51. The predicted molar refractivity (Wildman–Crippen MR) is 137 cm³/mol. The molecule has 4 atom stereocenters. The number of aliphatic hydroxyl groups is 1. The Morgan fingerprint density at radius 3 is 2.82 bits per heavy atom. The molecule has 34 heavy (non-hydrogen) atoms. The minimum atomic E-state index is -0.760. The maximum atomic E-state index is 12.9. The van der Waals surface area contributed by atoms with Crippen LogP contribution in [0.15, 0.2) is 35.9 Å². The normalized spacial score (nSPS) is 29.5. The van der Waals surface area contributed by atoms with Crippen LogP contribution in [0.4, 0.5) is 10.5 Å². The van der Waals surface area contributed by atoms with E-state index in [1.165, 1.54) is 16.7 Å². The highest BCUT2D eigenvalue weighted by molar-refractivity contribution is 8.00. The molecule has 0 saturated carbocycles. The van der Waals surface area contributed by atoms with Gasteiger partial charge < -0.3 is 24.8 Å². The van der Waals surface area contributed by atoms with Crippen molar-refractivity contribution in [3.63, 3.8) is 0 Å². The molecule has 1 saturated heterocycles. The molecule has 186 valence electrons. The van der Waals surface area contributed by atoms with Crippen LogP contribution in [0.3, 0.4) is 0 Å². The first-order valence-electron chi connectivity index (χ1n) is 11.4. The van der Waals surface area contributed by atoms with E-state index in [-0.39, 0.29) is 36.1 Å². The van der Waals surface area contributed by atoms with E-state index < -0.39 is 11.5 Å². The fourth-order valence-electron chi connectivity index (χ4n) is 4.11. The summed E-state index contributed by atoms with van der Waals surface area (Å²) < 4.78 is 10.9. The molecule has 4 bridgehead atoms. The number of rotatable bonds is 1. The summed E-state index contributed by atoms with van der Waals surface area (Å²) >= 11 is 7.85. The molecule has 1 fully saturated rings. The van der Waals surface area contributed by atoms with Crippen molar-refractivity contribution in [3.8, 4) is 5.75 Å². The first-order chi connectivity index (χ1) is 16.2. The largest absolute Gasteiger partial charge is 0.495 e. The second kappa shape index (κ2) is 12.0. The van der Waals surface area contributed by atoms with E-state index >= 15 is 0 Å². The Morgan fingerprint density at radius 2 is 2.09 bits per heavy atom. The molecule has 1 aromatic rings. The average Bonchev–Trinajstić information content (AvgIpc) is 2.79. The maximum Gasteiger partial charge on any atom is 0.407 e. The lowest BCUT2D eigenvalue weighted by atomic mass is 10.0. The Hall–Kier alpha value is -2.16. The highest BCUT2D eigenvalue weighted by Crippen LogP contribution is 2.37. The van der Waals surface area contributed by atoms with Crippen molar-refractivity contribution in [1.82, 2.24) is 5.32 Å². The summed E-state index contributed by atoms with van der Waals surface area (Å²) in [5.74, 6) is 0.352. The molecule has 0 spiro atoms. The number of halogens is 1. The van der Waals surface area contributed by atoms with Gasteiger partial charge in [0, 0.05) is 31.2 Å². The number of methoxy groups -OCH3 is 1. The molecule has 2 aliphatic rings. The summed E-state index contributed by atoms with van der Waals surface area (Å²) in [6.07, 6.45) is 7.76. The number of hydrogen-bond donors (Lipinski definition) is 2. The van der Waals surface area contributed by atoms with Gasteiger partial charge in [0.25, 0.3) is 0 Å². The number of aliphatic hydroxyl groups excluding tert-OH is 1. The summed E-state index contributed by atoms with van der Waals surface area (Å²) in [5.41, 5.74) is 1.91. The van der Waals surface area contributed by atoms with Crippen LogP contribution in [-0.4, -0.2) is 54.1 Å². The molecule has 2 heterocycles. The molecule has 9 heteroatoms. The van der Waals surface area contributed by atoms with Crippen LogP contribution >= 0.6 is 23.4 Å². The van der Waals surface area contributed by atoms with Gasteiger partial charge in [-0.3, -0.25) is 4.79 Å². The number of alkyl carbamates (subject to hydrolysis) is 1. The summed E-state index contributed by atoms with van der Waals surface area (Å²) in [6, 6.07) is 3.76. The SMILES string of the molecule is COc1cc2cc(c1Cl)N(C)C(=O)CCC(O)S[C@H](C)C1CC(C/C=C/C=C(\C)C2)NC(=O)O1. The molecular formula is C25H33ClN2O5S. The summed E-state index contributed by atoms with van der Waals surface area (Å²) in [6.45, 7) is 3.97. The lowest BCUT2D eigenvalue weighted by Crippen LogP contribution is -2.48. The third-order valence-corrected chi connectivity index (χ3v) is 7.72. The van der Waals surface area contributed by atoms with E-state index in [2.05, 4.69) is 5.32 Å². The van der Waals surface area contributed by atoms with Gasteiger partial charge in [-0.2, -0.15) is 0 Å². The number of thioether (sulfide) groups is 1. The van der Waals surface area contributed by atoms with Crippen molar-refractivity contribution in [3.05, 3.63) is 46.5 Å². The van der Waals surface area contributed by atoms with Gasteiger partial charge in [-0.1, -0.05) is 35.4 Å². The molecule has 0 aliphatic carbocycles. The Labute approximate surface area is 210 Å². The van der Waals surface area contributed by atoms with Gasteiger partial charge in [-0.15, -0.1) is 11.8 Å². The molecule has 3 unspecified atom stereocenters. The quantitative estimate of drug-likeness (QED) is 0.564. The first-order valence-corrected chi connectivity index (χ1v) is 12.8. The predicted octanol–water partition coefficient (Wildman–Crippen LogP) is 4.85. The minimum Gasteiger partial charge on any atom is -0.495 e. The number of hydrogen-bond acceptors (Lipinski definition) is 6. The zero-order valence-electron chi connectivity index (χ0n) is 20.0. The lowest BCUT2D eigenvalue weighted by Gasteiger charge is -2.33. The van der Waals surface area contributed by atoms with Crippen LogP contribution in [0, 0.1) is 0 Å². The van der Waals surface area contributed by atoms with Crippen molar-refractivity contribution in [2.45, 2.75) is 68.8 Å². The average molecular weight is 509 g/mol. The van der Waals surface area contributed by atoms with Gasteiger partial charge in [0.1, 0.15) is 22.3 Å². The zero-order valence-corrected chi connectivity index (χ0v) is 21.6. The van der Waals surface area contributed by atoms with Crippen molar-refractivity contribution >= 4 is 41.1 Å². The molecule has 2 amide bonds. The van der Waals surface area contributed by atoms with E-state index in [1.807, 2.05) is 44.2 Å². The Bertz CT molecular complexity index is 967. The van der Waals surface area contributed by atoms with Gasteiger partial charge >= 0.3 is 6.09 Å². The van der Waals surface area contributed by atoms with Crippen LogP contribution in [0.1, 0.15) is 45.1 Å². The molecule has 2 aliphatic heterocycles. The van der Waals surface area contributed by atoms with E-state index in [4.69, 9.17) is 21.1 Å². The van der Waals surface area contributed by atoms with Gasteiger partial charge in [0.05, 0.1) is 12.8 Å². The maximum absolute atomic E-state index is 12.9. The Morgan fingerprint density at radius 1 is 1.32 bits per heavy atom. The van der Waals surface area contributed by atoms with Crippen molar-refractivity contribution < 1.29 is 24.2 Å². The highest BCUT2D eigenvalue weighted by atomic mass is 35.5. The Kier molecular flexibility index (Phi) is 9.33. The summed E-state index contributed by atoms with van der Waals surface area (Å²) in [5, 5.41) is 13.7. The van der Waals surface area contributed by atoms with Crippen molar-refractivity contribution in [2.24, 2.45) is 0 Å². The number of nitrogens with zero attached hydrogens (tertiary/aromatic N) is 1. The molecule has 7 nitrogen and oxygen atoms in total. The molecule has 0 radical (unpaired) electrons. The van der Waals surface area contributed by atoms with Crippen LogP contribution in [0.5, 0.6) is 5.75 Å². The summed E-state index contributed by atoms with van der Waals surface area (Å²) in [4.78, 5) is 26.5. The third kappa shape index (κ3) is 6.93.